The molecule has 7 rings (SSSR count). The highest BCUT2D eigenvalue weighted by molar-refractivity contribution is 7.99. The molecule has 38 heavy (non-hydrogen) atoms. The summed E-state index contributed by atoms with van der Waals surface area (Å²) >= 11 is 1.37. The standard InChI is InChI=1S/C31H26N4O2S/c36-25(21-11-3-1-4-12-21)20-38-30-33-32-29-34(23-14-5-2-6-15-23)28(37)26-27(35(29)30)24-16-8-7-13-22(24)19-31(26)17-9-10-18-31/h1-8,11-16H,9-10,17-20H2. The Morgan fingerprint density at radius 2 is 1.55 bits per heavy atom. The van der Waals surface area contributed by atoms with E-state index in [0.717, 1.165) is 54.6 Å². The van der Waals surface area contributed by atoms with Crippen molar-refractivity contribution in [3.63, 3.8) is 0 Å². The zero-order chi connectivity index (χ0) is 25.7. The fraction of sp³-hybridized carbons (Fsp3) is 0.226. The Labute approximate surface area is 224 Å². The first-order valence-electron chi connectivity index (χ1n) is 13.1. The third-order valence-corrected chi connectivity index (χ3v) is 8.96. The Bertz CT molecular complexity index is 1740. The molecule has 5 aromatic rings. The van der Waals surface area contributed by atoms with Gasteiger partial charge in [0.05, 0.1) is 17.1 Å². The van der Waals surface area contributed by atoms with Crippen molar-refractivity contribution in [1.29, 1.82) is 0 Å². The van der Waals surface area contributed by atoms with Gasteiger partial charge in [0, 0.05) is 22.1 Å². The van der Waals surface area contributed by atoms with Crippen molar-refractivity contribution in [2.24, 2.45) is 0 Å². The highest BCUT2D eigenvalue weighted by atomic mass is 32.2. The van der Waals surface area contributed by atoms with Crippen molar-refractivity contribution in [3.05, 3.63) is 112 Å². The van der Waals surface area contributed by atoms with Gasteiger partial charge >= 0.3 is 0 Å². The summed E-state index contributed by atoms with van der Waals surface area (Å²) in [5, 5.41) is 9.72. The molecule has 0 N–H and O–H groups in total. The predicted molar refractivity (Wildman–Crippen MR) is 149 cm³/mol. The first kappa shape index (κ1) is 23.2. The van der Waals surface area contributed by atoms with Gasteiger partial charge in [0.1, 0.15) is 0 Å². The van der Waals surface area contributed by atoms with E-state index in [1.807, 2.05) is 71.1 Å². The van der Waals surface area contributed by atoms with Crippen molar-refractivity contribution >= 4 is 23.3 Å². The molecular formula is C31H26N4O2S. The number of Topliss-reactive ketones (excluding diaryl/α,β-unsaturated/α-hetero) is 1. The number of hydrogen-bond acceptors (Lipinski definition) is 5. The molecule has 0 unspecified atom stereocenters. The van der Waals surface area contributed by atoms with Crippen LogP contribution in [0, 0.1) is 0 Å². The molecule has 188 valence electrons. The third kappa shape index (κ3) is 3.56. The lowest BCUT2D eigenvalue weighted by Crippen LogP contribution is -2.40. The normalized spacial score (nSPS) is 15.5. The Balaban J connectivity index is 1.49. The number of para-hydroxylation sites is 1. The molecule has 0 bridgehead atoms. The number of carbonyl (C=O) groups is 1. The molecule has 6 nitrogen and oxygen atoms in total. The SMILES string of the molecule is O=C(CSc1nnc2n(-c3ccccc3)c(=O)c3c(n12)-c1ccccc1CC31CCCC1)c1ccccc1. The molecule has 2 aliphatic rings. The summed E-state index contributed by atoms with van der Waals surface area (Å²) in [6.07, 6.45) is 5.06. The van der Waals surface area contributed by atoms with Crippen molar-refractivity contribution < 1.29 is 4.79 Å². The zero-order valence-electron chi connectivity index (χ0n) is 20.8. The quantitative estimate of drug-likeness (QED) is 0.214. The largest absolute Gasteiger partial charge is 0.293 e. The Hall–Kier alpha value is -3.97. The first-order chi connectivity index (χ1) is 18.7. The minimum Gasteiger partial charge on any atom is -0.293 e. The predicted octanol–water partition coefficient (Wildman–Crippen LogP) is 5.89. The molecule has 1 spiro atoms. The summed E-state index contributed by atoms with van der Waals surface area (Å²) in [7, 11) is 0. The summed E-state index contributed by atoms with van der Waals surface area (Å²) < 4.78 is 3.74. The monoisotopic (exact) mass is 518 g/mol. The molecule has 0 amide bonds. The van der Waals surface area contributed by atoms with Gasteiger partial charge in [-0.15, -0.1) is 10.2 Å². The van der Waals surface area contributed by atoms with Crippen molar-refractivity contribution in [1.82, 2.24) is 19.2 Å². The van der Waals surface area contributed by atoms with Crippen molar-refractivity contribution in [2.45, 2.75) is 42.7 Å². The lowest BCUT2D eigenvalue weighted by molar-refractivity contribution is 0.102. The van der Waals surface area contributed by atoms with Gasteiger partial charge < -0.3 is 0 Å². The van der Waals surface area contributed by atoms with E-state index >= 15 is 0 Å². The summed E-state index contributed by atoms with van der Waals surface area (Å²) in [6, 6.07) is 27.4. The first-order valence-corrected chi connectivity index (χ1v) is 14.0. The fourth-order valence-corrected chi connectivity index (χ4v) is 7.16. The smallest absolute Gasteiger partial charge is 0.263 e. The number of aromatic nitrogens is 4. The van der Waals surface area contributed by atoms with E-state index in [1.54, 1.807) is 4.57 Å². The van der Waals surface area contributed by atoms with E-state index in [9.17, 15) is 9.59 Å². The second-order valence-electron chi connectivity index (χ2n) is 10.2. The van der Waals surface area contributed by atoms with Gasteiger partial charge in [-0.05, 0) is 37.0 Å². The number of hydrogen-bond donors (Lipinski definition) is 0. The van der Waals surface area contributed by atoms with Crippen LogP contribution in [-0.2, 0) is 11.8 Å². The second kappa shape index (κ2) is 9.10. The maximum Gasteiger partial charge on any atom is 0.263 e. The van der Waals surface area contributed by atoms with Crippen LogP contribution >= 0.6 is 11.8 Å². The molecule has 0 saturated heterocycles. The molecule has 0 radical (unpaired) electrons. The Morgan fingerprint density at radius 1 is 0.868 bits per heavy atom. The summed E-state index contributed by atoms with van der Waals surface area (Å²) in [4.78, 5) is 27.5. The highest BCUT2D eigenvalue weighted by Gasteiger charge is 2.45. The van der Waals surface area contributed by atoms with Crippen LogP contribution in [0.25, 0.3) is 22.7 Å². The number of nitrogens with zero attached hydrogens (tertiary/aromatic N) is 4. The maximum atomic E-state index is 14.5. The molecule has 1 saturated carbocycles. The van der Waals surface area contributed by atoms with Crippen LogP contribution in [0.5, 0.6) is 0 Å². The average Bonchev–Trinajstić information content (AvgIpc) is 3.60. The average molecular weight is 519 g/mol. The van der Waals surface area contributed by atoms with Gasteiger partial charge in [-0.3, -0.25) is 14.0 Å². The molecule has 2 aliphatic carbocycles. The molecular weight excluding hydrogens is 492 g/mol. The Kier molecular flexibility index (Phi) is 5.55. The van der Waals surface area contributed by atoms with Crippen LogP contribution in [0.15, 0.2) is 94.9 Å². The van der Waals surface area contributed by atoms with E-state index in [0.29, 0.717) is 16.5 Å². The highest BCUT2D eigenvalue weighted by Crippen LogP contribution is 2.50. The van der Waals surface area contributed by atoms with Crippen LogP contribution in [0.4, 0.5) is 0 Å². The number of benzene rings is 3. The van der Waals surface area contributed by atoms with Gasteiger partial charge in [0.2, 0.25) is 5.78 Å². The van der Waals surface area contributed by atoms with Crippen molar-refractivity contribution in [3.8, 4) is 16.9 Å². The number of fused-ring (bicyclic) bond motifs is 6. The molecule has 0 aliphatic heterocycles. The third-order valence-electron chi connectivity index (χ3n) is 8.03. The maximum absolute atomic E-state index is 14.5. The van der Waals surface area contributed by atoms with Crippen molar-refractivity contribution in [2.75, 3.05) is 5.75 Å². The van der Waals surface area contributed by atoms with Crippen LogP contribution in [-0.4, -0.2) is 30.7 Å². The molecule has 2 heterocycles. The Morgan fingerprint density at radius 3 is 2.32 bits per heavy atom. The van der Waals surface area contributed by atoms with Crippen LogP contribution < -0.4 is 5.56 Å². The minimum absolute atomic E-state index is 0.0144. The van der Waals surface area contributed by atoms with Gasteiger partial charge in [-0.1, -0.05) is 97.4 Å². The molecule has 1 fully saturated rings. The van der Waals surface area contributed by atoms with Crippen LogP contribution in [0.1, 0.15) is 47.2 Å². The molecule has 3 aromatic carbocycles. The number of carbonyl (C=O) groups excluding carboxylic acids is 1. The summed E-state index contributed by atoms with van der Waals surface area (Å²) in [5.74, 6) is 0.737. The lowest BCUT2D eigenvalue weighted by Gasteiger charge is -2.37. The van der Waals surface area contributed by atoms with Gasteiger partial charge in [-0.25, -0.2) is 4.57 Å². The van der Waals surface area contributed by atoms with E-state index in [1.165, 1.54) is 17.3 Å². The van der Waals surface area contributed by atoms with E-state index in [2.05, 4.69) is 28.4 Å². The van der Waals surface area contributed by atoms with Gasteiger partial charge in [-0.2, -0.15) is 0 Å². The lowest BCUT2D eigenvalue weighted by atomic mass is 9.68. The second-order valence-corrected chi connectivity index (χ2v) is 11.2. The van der Waals surface area contributed by atoms with Crippen LogP contribution in [0.2, 0.25) is 0 Å². The molecule has 2 aromatic heterocycles. The fourth-order valence-electron chi connectivity index (χ4n) is 6.33. The minimum atomic E-state index is -0.211. The number of rotatable bonds is 5. The van der Waals surface area contributed by atoms with E-state index in [4.69, 9.17) is 0 Å². The number of ketones is 1. The summed E-state index contributed by atoms with van der Waals surface area (Å²) in [6.45, 7) is 0. The zero-order valence-corrected chi connectivity index (χ0v) is 21.7. The van der Waals surface area contributed by atoms with Crippen LogP contribution in [0.3, 0.4) is 0 Å². The van der Waals surface area contributed by atoms with Gasteiger partial charge in [0.15, 0.2) is 10.9 Å². The number of thioether (sulfide) groups is 1. The molecule has 7 heteroatoms. The summed E-state index contributed by atoms with van der Waals surface area (Å²) in [5.41, 5.74) is 5.27. The van der Waals surface area contributed by atoms with E-state index in [-0.39, 0.29) is 22.5 Å². The van der Waals surface area contributed by atoms with Gasteiger partial charge in [0.25, 0.3) is 5.56 Å². The molecule has 0 atom stereocenters. The topological polar surface area (TPSA) is 69.3 Å². The van der Waals surface area contributed by atoms with E-state index < -0.39 is 0 Å².